The van der Waals surface area contributed by atoms with Gasteiger partial charge in [-0.2, -0.15) is 0 Å². The molecule has 3 aliphatic rings. The number of anilines is 1. The van der Waals surface area contributed by atoms with E-state index in [-0.39, 0.29) is 11.8 Å². The predicted octanol–water partition coefficient (Wildman–Crippen LogP) is 3.58. The number of fused-ring (bicyclic) bond motifs is 5. The molecule has 0 aromatic heterocycles. The zero-order chi connectivity index (χ0) is 18.1. The highest BCUT2D eigenvalue weighted by molar-refractivity contribution is 6.24. The van der Waals surface area contributed by atoms with Crippen LogP contribution in [0.3, 0.4) is 0 Å². The Labute approximate surface area is 152 Å². The van der Waals surface area contributed by atoms with Crippen LogP contribution in [0.2, 0.25) is 0 Å². The summed E-state index contributed by atoms with van der Waals surface area (Å²) in [5, 5.41) is 0. The monoisotopic (exact) mass is 345 g/mol. The third-order valence-corrected chi connectivity index (χ3v) is 5.96. The lowest BCUT2D eigenvalue weighted by Crippen LogP contribution is -2.39. The number of para-hydroxylation sites is 1. The number of amides is 2. The van der Waals surface area contributed by atoms with Crippen molar-refractivity contribution in [2.45, 2.75) is 25.0 Å². The Balaban J connectivity index is 1.64. The van der Waals surface area contributed by atoms with Crippen molar-refractivity contribution in [1.82, 2.24) is 0 Å². The molecule has 0 unspecified atom stereocenters. The number of rotatable bonds is 2. The second-order valence-corrected chi connectivity index (χ2v) is 7.65. The molecule has 2 saturated heterocycles. The normalized spacial score (nSPS) is 34.6. The van der Waals surface area contributed by atoms with Gasteiger partial charge in [0.15, 0.2) is 0 Å². The van der Waals surface area contributed by atoms with E-state index in [1.54, 1.807) is 0 Å². The standard InChI is InChI=1S/C22H19NO3/c1-21-12-13-22(2,26-21)18-17(21)19(24)23(20(18)25)16-11-7-6-10-15(16)14-8-4-3-5-9-14/h3-13,17-18H,1-2H3/t17-,18-,21-,22+/m1/s1. The number of carbonyl (C=O) groups is 2. The van der Waals surface area contributed by atoms with Gasteiger partial charge in [-0.25, -0.2) is 4.90 Å². The van der Waals surface area contributed by atoms with Gasteiger partial charge in [-0.15, -0.1) is 0 Å². The lowest BCUT2D eigenvalue weighted by atomic mass is 9.73. The summed E-state index contributed by atoms with van der Waals surface area (Å²) in [6, 6.07) is 17.4. The van der Waals surface area contributed by atoms with Gasteiger partial charge in [0.1, 0.15) is 0 Å². The summed E-state index contributed by atoms with van der Waals surface area (Å²) >= 11 is 0. The van der Waals surface area contributed by atoms with Crippen LogP contribution in [0.5, 0.6) is 0 Å². The highest BCUT2D eigenvalue weighted by atomic mass is 16.5. The Bertz CT molecular complexity index is 930. The van der Waals surface area contributed by atoms with Crippen LogP contribution in [0.25, 0.3) is 11.1 Å². The number of carbonyl (C=O) groups excluding carboxylic acids is 2. The second-order valence-electron chi connectivity index (χ2n) is 7.65. The fourth-order valence-corrected chi connectivity index (χ4v) is 4.80. The molecule has 0 aliphatic carbocycles. The summed E-state index contributed by atoms with van der Waals surface area (Å²) in [4.78, 5) is 28.0. The molecule has 130 valence electrons. The molecule has 2 fully saturated rings. The minimum atomic E-state index is -0.706. The molecule has 2 amide bonds. The van der Waals surface area contributed by atoms with E-state index in [9.17, 15) is 9.59 Å². The molecule has 0 spiro atoms. The molecule has 26 heavy (non-hydrogen) atoms. The van der Waals surface area contributed by atoms with E-state index in [1.807, 2.05) is 80.6 Å². The maximum absolute atomic E-state index is 13.3. The fraction of sp³-hybridized carbons (Fsp3) is 0.273. The average Bonchev–Trinajstić information content (AvgIpc) is 3.19. The van der Waals surface area contributed by atoms with Gasteiger partial charge >= 0.3 is 0 Å². The maximum atomic E-state index is 13.3. The summed E-state index contributed by atoms with van der Waals surface area (Å²) in [6.07, 6.45) is 3.87. The predicted molar refractivity (Wildman–Crippen MR) is 98.4 cm³/mol. The summed E-state index contributed by atoms with van der Waals surface area (Å²) < 4.78 is 6.07. The van der Waals surface area contributed by atoms with Crippen molar-refractivity contribution < 1.29 is 14.3 Å². The van der Waals surface area contributed by atoms with Crippen LogP contribution in [0.4, 0.5) is 5.69 Å². The van der Waals surface area contributed by atoms with Crippen molar-refractivity contribution in [3.63, 3.8) is 0 Å². The number of ether oxygens (including phenoxy) is 1. The Morgan fingerprint density at radius 3 is 1.96 bits per heavy atom. The van der Waals surface area contributed by atoms with E-state index >= 15 is 0 Å². The van der Waals surface area contributed by atoms with Crippen LogP contribution in [0, 0.1) is 11.8 Å². The van der Waals surface area contributed by atoms with Gasteiger partial charge in [0.05, 0.1) is 28.7 Å². The van der Waals surface area contributed by atoms with E-state index in [2.05, 4.69) is 0 Å². The van der Waals surface area contributed by atoms with E-state index in [0.29, 0.717) is 5.69 Å². The molecule has 3 heterocycles. The Kier molecular flexibility index (Phi) is 2.94. The molecule has 3 aliphatic heterocycles. The molecule has 5 rings (SSSR count). The summed E-state index contributed by atoms with van der Waals surface area (Å²) in [7, 11) is 0. The van der Waals surface area contributed by atoms with E-state index in [0.717, 1.165) is 11.1 Å². The van der Waals surface area contributed by atoms with Gasteiger partial charge in [0.2, 0.25) is 11.8 Å². The summed E-state index contributed by atoms with van der Waals surface area (Å²) in [5.41, 5.74) is 1.10. The first-order valence-electron chi connectivity index (χ1n) is 8.87. The van der Waals surface area contributed by atoms with Gasteiger partial charge in [-0.3, -0.25) is 9.59 Å². The van der Waals surface area contributed by atoms with Gasteiger partial charge in [-0.05, 0) is 25.5 Å². The van der Waals surface area contributed by atoms with E-state index < -0.39 is 23.0 Å². The molecule has 2 aromatic carbocycles. The zero-order valence-electron chi connectivity index (χ0n) is 14.7. The first kappa shape index (κ1) is 15.5. The van der Waals surface area contributed by atoms with Crippen molar-refractivity contribution >= 4 is 17.5 Å². The van der Waals surface area contributed by atoms with Crippen LogP contribution in [-0.4, -0.2) is 23.0 Å². The average molecular weight is 345 g/mol. The first-order valence-corrected chi connectivity index (χ1v) is 8.87. The van der Waals surface area contributed by atoms with Crippen LogP contribution < -0.4 is 4.90 Å². The molecule has 0 saturated carbocycles. The Hall–Kier alpha value is -2.72. The van der Waals surface area contributed by atoms with Crippen LogP contribution in [0.15, 0.2) is 66.7 Å². The van der Waals surface area contributed by atoms with Crippen molar-refractivity contribution in [2.75, 3.05) is 4.90 Å². The molecule has 4 heteroatoms. The number of hydrogen-bond acceptors (Lipinski definition) is 3. The van der Waals surface area contributed by atoms with Gasteiger partial charge < -0.3 is 4.74 Å². The third kappa shape index (κ3) is 1.82. The van der Waals surface area contributed by atoms with Crippen molar-refractivity contribution in [3.05, 3.63) is 66.7 Å². The van der Waals surface area contributed by atoms with Crippen LogP contribution >= 0.6 is 0 Å². The van der Waals surface area contributed by atoms with E-state index in [4.69, 9.17) is 4.74 Å². The Morgan fingerprint density at radius 1 is 0.808 bits per heavy atom. The van der Waals surface area contributed by atoms with Crippen molar-refractivity contribution in [1.29, 1.82) is 0 Å². The smallest absolute Gasteiger partial charge is 0.241 e. The highest BCUT2D eigenvalue weighted by Crippen LogP contribution is 2.57. The lowest BCUT2D eigenvalue weighted by Gasteiger charge is -2.26. The molecule has 2 aromatic rings. The quantitative estimate of drug-likeness (QED) is 0.617. The largest absolute Gasteiger partial charge is 0.359 e. The number of nitrogens with zero attached hydrogens (tertiary/aromatic N) is 1. The third-order valence-electron chi connectivity index (χ3n) is 5.96. The lowest BCUT2D eigenvalue weighted by molar-refractivity contribution is -0.128. The van der Waals surface area contributed by atoms with Crippen molar-refractivity contribution in [2.24, 2.45) is 11.8 Å². The zero-order valence-corrected chi connectivity index (χ0v) is 14.7. The molecule has 0 N–H and O–H groups in total. The minimum absolute atomic E-state index is 0.168. The minimum Gasteiger partial charge on any atom is -0.359 e. The van der Waals surface area contributed by atoms with E-state index in [1.165, 1.54) is 4.90 Å². The fourth-order valence-electron chi connectivity index (χ4n) is 4.80. The molecular weight excluding hydrogens is 326 g/mol. The highest BCUT2D eigenvalue weighted by Gasteiger charge is 2.70. The summed E-state index contributed by atoms with van der Waals surface area (Å²) in [6.45, 7) is 3.80. The SMILES string of the molecule is C[C@]12C=C[C@](C)(O1)[C@H]1C(=O)N(c3ccccc3-c3ccccc3)C(=O)[C@@H]12. The molecule has 2 bridgehead atoms. The molecule has 4 nitrogen and oxygen atoms in total. The second kappa shape index (κ2) is 4.92. The van der Waals surface area contributed by atoms with Gasteiger partial charge in [0.25, 0.3) is 0 Å². The Morgan fingerprint density at radius 2 is 1.35 bits per heavy atom. The molecule has 0 radical (unpaired) electrons. The maximum Gasteiger partial charge on any atom is 0.241 e. The molecular formula is C22H19NO3. The first-order chi connectivity index (χ1) is 12.4. The summed E-state index contributed by atoms with van der Waals surface area (Å²) in [5.74, 6) is -1.26. The number of benzene rings is 2. The number of hydrogen-bond donors (Lipinski definition) is 0. The number of imide groups is 1. The topological polar surface area (TPSA) is 46.6 Å². The van der Waals surface area contributed by atoms with Crippen molar-refractivity contribution in [3.8, 4) is 11.1 Å². The van der Waals surface area contributed by atoms with Crippen LogP contribution in [-0.2, 0) is 14.3 Å². The van der Waals surface area contributed by atoms with Gasteiger partial charge in [-0.1, -0.05) is 60.7 Å². The molecule has 4 atom stereocenters. The van der Waals surface area contributed by atoms with Gasteiger partial charge in [0, 0.05) is 5.56 Å². The van der Waals surface area contributed by atoms with Crippen LogP contribution in [0.1, 0.15) is 13.8 Å².